The second kappa shape index (κ2) is 11.0. The van der Waals surface area contributed by atoms with Crippen LogP contribution in [0.2, 0.25) is 5.02 Å². The van der Waals surface area contributed by atoms with Crippen LogP contribution in [0.3, 0.4) is 0 Å². The summed E-state index contributed by atoms with van der Waals surface area (Å²) in [6, 6.07) is 15.9. The van der Waals surface area contributed by atoms with E-state index >= 15 is 0 Å². The molecule has 2 aromatic carbocycles. The monoisotopic (exact) mass is 482 g/mol. The molecule has 1 N–H and O–H groups in total. The topological polar surface area (TPSA) is 97.9 Å². The molecule has 0 aliphatic carbocycles. The minimum Gasteiger partial charge on any atom is -0.495 e. The minimum absolute atomic E-state index is 0. The first-order valence-corrected chi connectivity index (χ1v) is 10.9. The van der Waals surface area contributed by atoms with Gasteiger partial charge in [0.15, 0.2) is 11.6 Å². The lowest BCUT2D eigenvalue weighted by atomic mass is 9.98. The number of piperidine rings is 1. The van der Waals surface area contributed by atoms with E-state index in [1.54, 1.807) is 13.2 Å². The van der Waals surface area contributed by atoms with Crippen LogP contribution >= 0.6 is 24.0 Å². The largest absolute Gasteiger partial charge is 0.495 e. The van der Waals surface area contributed by atoms with Crippen molar-refractivity contribution in [1.82, 2.24) is 10.2 Å². The van der Waals surface area contributed by atoms with E-state index in [-0.39, 0.29) is 18.3 Å². The predicted molar refractivity (Wildman–Crippen MR) is 132 cm³/mol. The molecule has 0 spiro atoms. The number of hydrogen-bond acceptors (Lipinski definition) is 7. The SMILES string of the molecule is COc1ccc(CCNc2nnc(N3CCC(C#N)CC3)c3ccc(C#N)cc23)cc1Cl.Cl. The van der Waals surface area contributed by atoms with Crippen molar-refractivity contribution >= 4 is 46.4 Å². The third kappa shape index (κ3) is 5.39. The minimum atomic E-state index is 0. The van der Waals surface area contributed by atoms with Gasteiger partial charge in [0.2, 0.25) is 0 Å². The van der Waals surface area contributed by atoms with E-state index in [4.69, 9.17) is 16.3 Å². The third-order valence-corrected chi connectivity index (χ3v) is 6.08. The third-order valence-electron chi connectivity index (χ3n) is 5.79. The lowest BCUT2D eigenvalue weighted by Gasteiger charge is -2.30. The fourth-order valence-corrected chi connectivity index (χ4v) is 4.27. The summed E-state index contributed by atoms with van der Waals surface area (Å²) in [7, 11) is 1.59. The number of anilines is 2. The Morgan fingerprint density at radius 1 is 1.12 bits per heavy atom. The van der Waals surface area contributed by atoms with Gasteiger partial charge in [0.1, 0.15) is 5.75 Å². The lowest BCUT2D eigenvalue weighted by molar-refractivity contribution is 0.415. The molecule has 1 fully saturated rings. The normalized spacial score (nSPS) is 13.6. The van der Waals surface area contributed by atoms with Crippen LogP contribution < -0.4 is 15.0 Å². The van der Waals surface area contributed by atoms with E-state index in [1.165, 1.54) is 0 Å². The van der Waals surface area contributed by atoms with Crippen molar-refractivity contribution in [2.45, 2.75) is 19.3 Å². The Morgan fingerprint density at radius 3 is 2.58 bits per heavy atom. The maximum atomic E-state index is 9.39. The van der Waals surface area contributed by atoms with Crippen LogP contribution in [0, 0.1) is 28.6 Å². The number of hydrogen-bond donors (Lipinski definition) is 1. The summed E-state index contributed by atoms with van der Waals surface area (Å²) in [5, 5.41) is 33.3. The molecule has 170 valence electrons. The number of aromatic nitrogens is 2. The van der Waals surface area contributed by atoms with E-state index < -0.39 is 0 Å². The molecule has 3 aromatic rings. The molecule has 1 aromatic heterocycles. The number of fused-ring (bicyclic) bond motifs is 1. The highest BCUT2D eigenvalue weighted by Gasteiger charge is 2.22. The average Bonchev–Trinajstić information content (AvgIpc) is 2.84. The fourth-order valence-electron chi connectivity index (χ4n) is 3.98. The van der Waals surface area contributed by atoms with Gasteiger partial charge < -0.3 is 15.0 Å². The Hall–Kier alpha value is -3.26. The molecule has 2 heterocycles. The smallest absolute Gasteiger partial charge is 0.159 e. The zero-order chi connectivity index (χ0) is 22.5. The highest BCUT2D eigenvalue weighted by molar-refractivity contribution is 6.32. The van der Waals surface area contributed by atoms with Crippen LogP contribution in [0.25, 0.3) is 10.8 Å². The standard InChI is InChI=1S/C24H23ClN6O.ClH/c1-32-22-5-3-16(13-21(22)25)6-9-28-23-20-12-18(15-27)2-4-19(20)24(30-29-23)31-10-7-17(14-26)8-11-31;/h2-5,12-13,17H,6-11H2,1H3,(H,28,29);1H. The first-order chi connectivity index (χ1) is 15.6. The van der Waals surface area contributed by atoms with Gasteiger partial charge >= 0.3 is 0 Å². The summed E-state index contributed by atoms with van der Waals surface area (Å²) in [6.45, 7) is 2.18. The molecule has 1 aliphatic heterocycles. The van der Waals surface area contributed by atoms with Gasteiger partial charge in [-0.1, -0.05) is 17.7 Å². The quantitative estimate of drug-likeness (QED) is 0.528. The van der Waals surface area contributed by atoms with Crippen LogP contribution in [0.5, 0.6) is 5.75 Å². The zero-order valence-electron chi connectivity index (χ0n) is 18.2. The molecule has 0 saturated carbocycles. The number of rotatable bonds is 6. The predicted octanol–water partition coefficient (Wildman–Crippen LogP) is 4.98. The van der Waals surface area contributed by atoms with E-state index in [2.05, 4.69) is 32.6 Å². The Morgan fingerprint density at radius 2 is 1.91 bits per heavy atom. The van der Waals surface area contributed by atoms with E-state index in [1.807, 2.05) is 30.3 Å². The van der Waals surface area contributed by atoms with Crippen molar-refractivity contribution in [2.24, 2.45) is 5.92 Å². The molecule has 7 nitrogen and oxygen atoms in total. The van der Waals surface area contributed by atoms with Gasteiger partial charge in [-0.15, -0.1) is 22.6 Å². The molecule has 0 unspecified atom stereocenters. The second-order valence-electron chi connectivity index (χ2n) is 7.78. The van der Waals surface area contributed by atoms with E-state index in [0.717, 1.165) is 54.5 Å². The molecule has 1 aliphatic rings. The molecule has 9 heteroatoms. The van der Waals surface area contributed by atoms with Gasteiger partial charge in [-0.05, 0) is 55.2 Å². The summed E-state index contributed by atoms with van der Waals surface area (Å²) in [5.74, 6) is 2.20. The van der Waals surface area contributed by atoms with Crippen molar-refractivity contribution in [3.8, 4) is 17.9 Å². The summed E-state index contributed by atoms with van der Waals surface area (Å²) in [5.41, 5.74) is 1.65. The Bertz CT molecular complexity index is 1210. The Labute approximate surface area is 204 Å². The molecule has 0 radical (unpaired) electrons. The number of ether oxygens (including phenoxy) is 1. The Balaban J connectivity index is 0.00000306. The molecule has 0 bridgehead atoms. The number of methoxy groups -OCH3 is 1. The molecular weight excluding hydrogens is 459 g/mol. The van der Waals surface area contributed by atoms with E-state index in [9.17, 15) is 10.5 Å². The lowest BCUT2D eigenvalue weighted by Crippen LogP contribution is -2.34. The van der Waals surface area contributed by atoms with Crippen LogP contribution in [0.4, 0.5) is 11.6 Å². The molecule has 0 atom stereocenters. The first-order valence-electron chi connectivity index (χ1n) is 10.5. The zero-order valence-corrected chi connectivity index (χ0v) is 19.8. The van der Waals surface area contributed by atoms with Crippen LogP contribution in [-0.2, 0) is 6.42 Å². The van der Waals surface area contributed by atoms with Gasteiger partial charge in [-0.3, -0.25) is 0 Å². The van der Waals surface area contributed by atoms with Gasteiger partial charge in [-0.2, -0.15) is 10.5 Å². The second-order valence-corrected chi connectivity index (χ2v) is 8.19. The summed E-state index contributed by atoms with van der Waals surface area (Å²) in [4.78, 5) is 2.18. The van der Waals surface area contributed by atoms with Crippen molar-refractivity contribution in [3.63, 3.8) is 0 Å². The molecule has 33 heavy (non-hydrogen) atoms. The van der Waals surface area contributed by atoms with E-state index in [0.29, 0.717) is 28.7 Å². The molecule has 4 rings (SSSR count). The average molecular weight is 483 g/mol. The first kappa shape index (κ1) is 24.4. The van der Waals surface area contributed by atoms with Crippen molar-refractivity contribution in [2.75, 3.05) is 37.0 Å². The van der Waals surface area contributed by atoms with Gasteiger partial charge in [0.25, 0.3) is 0 Å². The van der Waals surface area contributed by atoms with Gasteiger partial charge in [0.05, 0.1) is 29.8 Å². The summed E-state index contributed by atoms with van der Waals surface area (Å²) >= 11 is 6.23. The van der Waals surface area contributed by atoms with Gasteiger partial charge in [-0.25, -0.2) is 0 Å². The highest BCUT2D eigenvalue weighted by Crippen LogP contribution is 2.32. The number of halogens is 2. The molecule has 0 amide bonds. The van der Waals surface area contributed by atoms with Crippen molar-refractivity contribution in [3.05, 3.63) is 52.5 Å². The van der Waals surface area contributed by atoms with Crippen LogP contribution in [0.1, 0.15) is 24.0 Å². The van der Waals surface area contributed by atoms with Crippen LogP contribution in [-0.4, -0.2) is 36.9 Å². The van der Waals surface area contributed by atoms with Crippen molar-refractivity contribution in [1.29, 1.82) is 10.5 Å². The Kier molecular flexibility index (Phi) is 8.16. The van der Waals surface area contributed by atoms with Crippen molar-refractivity contribution < 1.29 is 4.74 Å². The number of nitrogens with one attached hydrogen (secondary N) is 1. The number of nitriles is 2. The maximum absolute atomic E-state index is 9.39. The molecular formula is C24H24Cl2N6O. The van der Waals surface area contributed by atoms with Crippen LogP contribution in [0.15, 0.2) is 36.4 Å². The number of benzene rings is 2. The fraction of sp³-hybridized carbons (Fsp3) is 0.333. The van der Waals surface area contributed by atoms with Gasteiger partial charge in [0, 0.05) is 36.3 Å². The summed E-state index contributed by atoms with van der Waals surface area (Å²) < 4.78 is 5.21. The highest BCUT2D eigenvalue weighted by atomic mass is 35.5. The number of nitrogens with zero attached hydrogens (tertiary/aromatic N) is 5. The summed E-state index contributed by atoms with van der Waals surface area (Å²) in [6.07, 6.45) is 2.38. The molecule has 1 saturated heterocycles. The maximum Gasteiger partial charge on any atom is 0.159 e.